The van der Waals surface area contributed by atoms with Crippen LogP contribution in [0.25, 0.3) is 0 Å². The molecular formula is C12H11ClF2N2S. The summed E-state index contributed by atoms with van der Waals surface area (Å²) in [5.41, 5.74) is 3.14. The molecule has 1 aromatic carbocycles. The van der Waals surface area contributed by atoms with Crippen LogP contribution < -0.4 is 11.3 Å². The Labute approximate surface area is 112 Å². The van der Waals surface area contributed by atoms with Crippen LogP contribution >= 0.6 is 22.9 Å². The monoisotopic (exact) mass is 288 g/mol. The lowest BCUT2D eigenvalue weighted by atomic mass is 10.0. The minimum absolute atomic E-state index is 0.265. The fourth-order valence-electron chi connectivity index (χ4n) is 1.75. The van der Waals surface area contributed by atoms with Gasteiger partial charge in [0.1, 0.15) is 11.6 Å². The van der Waals surface area contributed by atoms with Crippen molar-refractivity contribution < 1.29 is 8.78 Å². The normalized spacial score (nSPS) is 12.7. The number of thiophene rings is 1. The first-order valence-electron chi connectivity index (χ1n) is 5.24. The van der Waals surface area contributed by atoms with Crippen LogP contribution in [0, 0.1) is 11.6 Å². The van der Waals surface area contributed by atoms with Gasteiger partial charge >= 0.3 is 0 Å². The summed E-state index contributed by atoms with van der Waals surface area (Å²) in [4.78, 5) is 0.851. The van der Waals surface area contributed by atoms with E-state index in [1.807, 2.05) is 5.38 Å². The molecule has 1 aromatic heterocycles. The zero-order valence-corrected chi connectivity index (χ0v) is 10.9. The number of hydrogen-bond acceptors (Lipinski definition) is 3. The number of nitrogens with two attached hydrogens (primary N) is 1. The third-order valence-electron chi connectivity index (χ3n) is 2.52. The molecule has 2 rings (SSSR count). The Hall–Kier alpha value is -1.01. The van der Waals surface area contributed by atoms with Crippen molar-refractivity contribution in [2.24, 2.45) is 5.84 Å². The van der Waals surface area contributed by atoms with Crippen molar-refractivity contribution in [1.82, 2.24) is 5.43 Å². The van der Waals surface area contributed by atoms with Crippen molar-refractivity contribution in [3.05, 3.63) is 56.7 Å². The second-order valence-corrected chi connectivity index (χ2v) is 5.19. The first-order valence-corrected chi connectivity index (χ1v) is 6.50. The van der Waals surface area contributed by atoms with Gasteiger partial charge < -0.3 is 0 Å². The van der Waals surface area contributed by atoms with E-state index in [2.05, 4.69) is 5.43 Å². The summed E-state index contributed by atoms with van der Waals surface area (Å²) in [5, 5.41) is 2.44. The molecule has 0 saturated heterocycles. The first-order chi connectivity index (χ1) is 8.60. The van der Waals surface area contributed by atoms with Gasteiger partial charge in [0.15, 0.2) is 0 Å². The molecule has 0 aliphatic carbocycles. The van der Waals surface area contributed by atoms with E-state index in [0.29, 0.717) is 17.0 Å². The Morgan fingerprint density at radius 1 is 1.28 bits per heavy atom. The van der Waals surface area contributed by atoms with Gasteiger partial charge in [0.25, 0.3) is 0 Å². The smallest absolute Gasteiger partial charge is 0.126 e. The van der Waals surface area contributed by atoms with Gasteiger partial charge in [-0.05, 0) is 35.6 Å². The quantitative estimate of drug-likeness (QED) is 0.668. The highest BCUT2D eigenvalue weighted by atomic mass is 35.5. The van der Waals surface area contributed by atoms with Crippen molar-refractivity contribution in [3.63, 3.8) is 0 Å². The lowest BCUT2D eigenvalue weighted by Crippen LogP contribution is -2.29. The lowest BCUT2D eigenvalue weighted by Gasteiger charge is -2.15. The van der Waals surface area contributed by atoms with Crippen LogP contribution in [0.1, 0.15) is 16.5 Å². The average molecular weight is 289 g/mol. The van der Waals surface area contributed by atoms with Crippen molar-refractivity contribution >= 4 is 22.9 Å². The average Bonchev–Trinajstić information content (AvgIpc) is 2.71. The first kappa shape index (κ1) is 13.4. The van der Waals surface area contributed by atoms with Crippen molar-refractivity contribution in [1.29, 1.82) is 0 Å². The Kier molecular flexibility index (Phi) is 4.29. The van der Waals surface area contributed by atoms with E-state index in [4.69, 9.17) is 17.4 Å². The molecular weight excluding hydrogens is 278 g/mol. The third-order valence-corrected chi connectivity index (χ3v) is 4.00. The van der Waals surface area contributed by atoms with E-state index >= 15 is 0 Å². The van der Waals surface area contributed by atoms with Gasteiger partial charge in [0.2, 0.25) is 0 Å². The van der Waals surface area contributed by atoms with Crippen LogP contribution in [0.5, 0.6) is 0 Å². The summed E-state index contributed by atoms with van der Waals surface area (Å²) in [6.45, 7) is 0. The molecule has 2 nitrogen and oxygen atoms in total. The molecule has 0 spiro atoms. The van der Waals surface area contributed by atoms with E-state index in [0.717, 1.165) is 10.9 Å². The van der Waals surface area contributed by atoms with Crippen LogP contribution in [0.2, 0.25) is 5.02 Å². The molecule has 96 valence electrons. The molecule has 0 aliphatic heterocycles. The van der Waals surface area contributed by atoms with Crippen LogP contribution in [-0.4, -0.2) is 0 Å². The molecule has 1 heterocycles. The highest BCUT2D eigenvalue weighted by molar-refractivity contribution is 7.10. The van der Waals surface area contributed by atoms with E-state index in [-0.39, 0.29) is 6.04 Å². The van der Waals surface area contributed by atoms with Crippen LogP contribution in [-0.2, 0) is 6.42 Å². The summed E-state index contributed by atoms with van der Waals surface area (Å²) in [6.07, 6.45) is 0.366. The van der Waals surface area contributed by atoms with E-state index < -0.39 is 11.6 Å². The van der Waals surface area contributed by atoms with E-state index in [1.54, 1.807) is 6.07 Å². The van der Waals surface area contributed by atoms with Gasteiger partial charge in [0.05, 0.1) is 11.1 Å². The van der Waals surface area contributed by atoms with Crippen LogP contribution in [0.3, 0.4) is 0 Å². The molecule has 0 bridgehead atoms. The topological polar surface area (TPSA) is 38.0 Å². The number of hydrogen-bond donors (Lipinski definition) is 2. The summed E-state index contributed by atoms with van der Waals surface area (Å²) in [7, 11) is 0. The number of halogens is 3. The Morgan fingerprint density at radius 3 is 2.44 bits per heavy atom. The Morgan fingerprint density at radius 2 is 1.94 bits per heavy atom. The van der Waals surface area contributed by atoms with Crippen molar-refractivity contribution in [2.45, 2.75) is 12.5 Å². The van der Waals surface area contributed by atoms with Gasteiger partial charge in [-0.25, -0.2) is 8.78 Å². The second-order valence-electron chi connectivity index (χ2n) is 3.83. The van der Waals surface area contributed by atoms with Crippen LogP contribution in [0.4, 0.5) is 8.78 Å². The lowest BCUT2D eigenvalue weighted by molar-refractivity contribution is 0.546. The van der Waals surface area contributed by atoms with Crippen LogP contribution in [0.15, 0.2) is 29.6 Å². The minimum atomic E-state index is -0.599. The summed E-state index contributed by atoms with van der Waals surface area (Å²) < 4.78 is 26.2. The van der Waals surface area contributed by atoms with E-state index in [1.165, 1.54) is 23.5 Å². The Balaban J connectivity index is 2.23. The van der Waals surface area contributed by atoms with Gasteiger partial charge in [-0.3, -0.25) is 11.3 Å². The van der Waals surface area contributed by atoms with Crippen molar-refractivity contribution in [2.75, 3.05) is 0 Å². The molecule has 6 heteroatoms. The fourth-order valence-corrected chi connectivity index (χ4v) is 3.00. The predicted octanol–water partition coefficient (Wildman–Crippen LogP) is 3.43. The predicted molar refractivity (Wildman–Crippen MR) is 69.5 cm³/mol. The maximum Gasteiger partial charge on any atom is 0.126 e. The number of nitrogens with one attached hydrogen (secondary N) is 1. The summed E-state index contributed by atoms with van der Waals surface area (Å²) >= 11 is 7.46. The molecule has 0 fully saturated rings. The summed E-state index contributed by atoms with van der Waals surface area (Å²) in [5.74, 6) is 4.27. The SMILES string of the molecule is NNC(Cc1cc(F)cc(F)c1)c1sccc1Cl. The standard InChI is InChI=1S/C12H11ClF2N2S/c13-10-1-2-18-12(10)11(17-16)5-7-3-8(14)6-9(15)4-7/h1-4,6,11,17H,5,16H2. The third kappa shape index (κ3) is 3.05. The molecule has 1 atom stereocenters. The molecule has 2 aromatic rings. The number of rotatable bonds is 4. The zero-order chi connectivity index (χ0) is 13.1. The number of hydrazine groups is 1. The molecule has 3 N–H and O–H groups in total. The van der Waals surface area contributed by atoms with Gasteiger partial charge in [-0.15, -0.1) is 11.3 Å². The van der Waals surface area contributed by atoms with Gasteiger partial charge in [0, 0.05) is 10.9 Å². The molecule has 1 unspecified atom stereocenters. The highest BCUT2D eigenvalue weighted by Gasteiger charge is 2.16. The Bertz CT molecular complexity index is 524. The van der Waals surface area contributed by atoms with Gasteiger partial charge in [-0.2, -0.15) is 0 Å². The zero-order valence-electron chi connectivity index (χ0n) is 9.29. The largest absolute Gasteiger partial charge is 0.271 e. The maximum atomic E-state index is 13.1. The number of benzene rings is 1. The van der Waals surface area contributed by atoms with Crippen molar-refractivity contribution in [3.8, 4) is 0 Å². The molecule has 0 amide bonds. The maximum absolute atomic E-state index is 13.1. The second kappa shape index (κ2) is 5.75. The van der Waals surface area contributed by atoms with E-state index in [9.17, 15) is 8.78 Å². The molecule has 0 radical (unpaired) electrons. The molecule has 0 saturated carbocycles. The molecule has 0 aliphatic rings. The minimum Gasteiger partial charge on any atom is -0.271 e. The highest BCUT2D eigenvalue weighted by Crippen LogP contribution is 2.30. The van der Waals surface area contributed by atoms with Gasteiger partial charge in [-0.1, -0.05) is 11.6 Å². The fraction of sp³-hybridized carbons (Fsp3) is 0.167. The molecule has 18 heavy (non-hydrogen) atoms. The summed E-state index contributed by atoms with van der Waals surface area (Å²) in [6, 6.07) is 4.91.